The molecule has 6 heteroatoms. The van der Waals surface area contributed by atoms with E-state index in [1.165, 1.54) is 18.2 Å². The molecule has 1 heterocycles. The van der Waals surface area contributed by atoms with Crippen LogP contribution in [0.5, 0.6) is 0 Å². The minimum atomic E-state index is -0.241. The van der Waals surface area contributed by atoms with Crippen LogP contribution in [-0.2, 0) is 19.5 Å². The highest BCUT2D eigenvalue weighted by atomic mass is 19.1. The van der Waals surface area contributed by atoms with Gasteiger partial charge in [-0.15, -0.1) is 6.58 Å². The van der Waals surface area contributed by atoms with Gasteiger partial charge in [-0.05, 0) is 35.9 Å². The van der Waals surface area contributed by atoms with Crippen molar-refractivity contribution in [2.24, 2.45) is 5.73 Å². The molecule has 150 valence electrons. The number of benzene rings is 2. The van der Waals surface area contributed by atoms with Gasteiger partial charge in [-0.2, -0.15) is 0 Å². The van der Waals surface area contributed by atoms with Crippen molar-refractivity contribution in [1.29, 1.82) is 0 Å². The predicted octanol–water partition coefficient (Wildman–Crippen LogP) is 3.27. The maximum Gasteiger partial charge on any atom is 0.251 e. The Kier molecular flexibility index (Phi) is 7.05. The third-order valence-corrected chi connectivity index (χ3v) is 4.51. The minimum Gasteiger partial charge on any atom is -0.330 e. The van der Waals surface area contributed by atoms with Gasteiger partial charge in [0.15, 0.2) is 0 Å². The fourth-order valence-electron chi connectivity index (χ4n) is 3.21. The van der Waals surface area contributed by atoms with Crippen LogP contribution in [0.2, 0.25) is 0 Å². The Bertz CT molecular complexity index is 1010. The van der Waals surface area contributed by atoms with Crippen LogP contribution in [0.3, 0.4) is 0 Å². The molecule has 0 saturated carbocycles. The first kappa shape index (κ1) is 20.6. The molecule has 2 aromatic carbocycles. The number of nitrogens with one attached hydrogen (secondary N) is 1. The molecule has 1 aromatic heterocycles. The molecule has 0 saturated heterocycles. The first-order valence-electron chi connectivity index (χ1n) is 9.54. The highest BCUT2D eigenvalue weighted by Gasteiger charge is 2.09. The quantitative estimate of drug-likeness (QED) is 0.548. The van der Waals surface area contributed by atoms with Gasteiger partial charge in [-0.1, -0.05) is 36.4 Å². The Labute approximate surface area is 169 Å². The Balaban J connectivity index is 1.81. The average Bonchev–Trinajstić information content (AvgIpc) is 2.70. The van der Waals surface area contributed by atoms with Crippen molar-refractivity contribution in [3.05, 3.63) is 100 Å². The lowest BCUT2D eigenvalue weighted by atomic mass is 10.1. The molecule has 3 N–H and O–H groups in total. The summed E-state index contributed by atoms with van der Waals surface area (Å²) < 4.78 is 13.2. The average molecular weight is 392 g/mol. The Hall–Kier alpha value is -3.09. The van der Waals surface area contributed by atoms with E-state index >= 15 is 0 Å². The van der Waals surface area contributed by atoms with E-state index < -0.39 is 0 Å². The number of nitrogens with two attached hydrogens (primary N) is 1. The van der Waals surface area contributed by atoms with E-state index in [0.29, 0.717) is 44.1 Å². The minimum absolute atomic E-state index is 0.187. The number of H-pyrrole nitrogens is 1. The summed E-state index contributed by atoms with van der Waals surface area (Å²) in [4.78, 5) is 21.5. The second kappa shape index (κ2) is 9.91. The summed E-state index contributed by atoms with van der Waals surface area (Å²) in [6.07, 6.45) is 2.41. The third kappa shape index (κ3) is 5.94. The van der Waals surface area contributed by atoms with Gasteiger partial charge in [0, 0.05) is 43.4 Å². The van der Waals surface area contributed by atoms with Crippen molar-refractivity contribution in [2.45, 2.75) is 19.5 Å². The summed E-state index contributed by atoms with van der Waals surface area (Å²) in [6.45, 7) is 6.34. The lowest BCUT2D eigenvalue weighted by molar-refractivity contribution is 0.286. The van der Waals surface area contributed by atoms with Crippen molar-refractivity contribution in [3.63, 3.8) is 0 Å². The maximum absolute atomic E-state index is 13.2. The summed E-state index contributed by atoms with van der Waals surface area (Å²) in [7, 11) is 0. The lowest BCUT2D eigenvalue weighted by Crippen LogP contribution is -2.22. The van der Waals surface area contributed by atoms with Crippen molar-refractivity contribution < 1.29 is 4.39 Å². The zero-order chi connectivity index (χ0) is 20.6. The molecule has 0 aliphatic heterocycles. The van der Waals surface area contributed by atoms with Crippen LogP contribution in [-0.4, -0.2) is 28.0 Å². The third-order valence-electron chi connectivity index (χ3n) is 4.51. The van der Waals surface area contributed by atoms with E-state index in [9.17, 15) is 9.18 Å². The molecule has 0 fully saturated rings. The highest BCUT2D eigenvalue weighted by molar-refractivity contribution is 5.56. The summed E-state index contributed by atoms with van der Waals surface area (Å²) in [5.41, 5.74) is 9.05. The summed E-state index contributed by atoms with van der Waals surface area (Å²) in [5, 5.41) is 0. The topological polar surface area (TPSA) is 75.0 Å². The molecule has 0 unspecified atom stereocenters. The molecule has 5 nitrogen and oxygen atoms in total. The molecular formula is C23H25FN4O. The van der Waals surface area contributed by atoms with Crippen molar-refractivity contribution in [1.82, 2.24) is 14.9 Å². The van der Waals surface area contributed by atoms with Crippen molar-refractivity contribution in [3.8, 4) is 11.4 Å². The molecule has 0 spiro atoms. The molecular weight excluding hydrogens is 367 g/mol. The molecule has 3 rings (SSSR count). The number of aromatic nitrogens is 2. The molecule has 3 aromatic rings. The predicted molar refractivity (Wildman–Crippen MR) is 114 cm³/mol. The van der Waals surface area contributed by atoms with Crippen LogP contribution < -0.4 is 11.3 Å². The molecule has 0 aliphatic rings. The zero-order valence-electron chi connectivity index (χ0n) is 16.3. The second-order valence-corrected chi connectivity index (χ2v) is 6.91. The van der Waals surface area contributed by atoms with Crippen LogP contribution >= 0.6 is 0 Å². The number of nitrogens with zero attached hydrogens (tertiary/aromatic N) is 2. The maximum atomic E-state index is 13.2. The van der Waals surface area contributed by atoms with Gasteiger partial charge in [0.1, 0.15) is 11.6 Å². The van der Waals surface area contributed by atoms with Gasteiger partial charge in [0.05, 0.1) is 0 Å². The first-order valence-corrected chi connectivity index (χ1v) is 9.54. The van der Waals surface area contributed by atoms with Gasteiger partial charge in [-0.3, -0.25) is 9.69 Å². The van der Waals surface area contributed by atoms with Crippen LogP contribution in [0.4, 0.5) is 4.39 Å². The van der Waals surface area contributed by atoms with E-state index in [1.807, 2.05) is 30.3 Å². The summed E-state index contributed by atoms with van der Waals surface area (Å²) in [6, 6.07) is 15.9. The first-order chi connectivity index (χ1) is 14.1. The highest BCUT2D eigenvalue weighted by Crippen LogP contribution is 2.18. The molecule has 0 bridgehead atoms. The Morgan fingerprint density at radius 2 is 1.86 bits per heavy atom. The van der Waals surface area contributed by atoms with Crippen molar-refractivity contribution >= 4 is 0 Å². The largest absolute Gasteiger partial charge is 0.330 e. The number of hydrogen-bond donors (Lipinski definition) is 2. The van der Waals surface area contributed by atoms with E-state index in [1.54, 1.807) is 12.1 Å². The normalized spacial score (nSPS) is 11.0. The van der Waals surface area contributed by atoms with E-state index in [-0.39, 0.29) is 11.4 Å². The van der Waals surface area contributed by atoms with Gasteiger partial charge in [0.25, 0.3) is 5.56 Å². The number of aromatic amines is 1. The number of rotatable bonds is 9. The van der Waals surface area contributed by atoms with Gasteiger partial charge >= 0.3 is 0 Å². The van der Waals surface area contributed by atoms with Crippen LogP contribution in [0, 0.1) is 5.82 Å². The molecule has 0 aliphatic carbocycles. The van der Waals surface area contributed by atoms with Crippen LogP contribution in [0.1, 0.15) is 16.8 Å². The van der Waals surface area contributed by atoms with E-state index in [4.69, 9.17) is 5.73 Å². The fraction of sp³-hybridized carbons (Fsp3) is 0.217. The summed E-state index contributed by atoms with van der Waals surface area (Å²) >= 11 is 0. The summed E-state index contributed by atoms with van der Waals surface area (Å²) in [5.74, 6) is 0.298. The molecule has 0 atom stereocenters. The molecule has 29 heavy (non-hydrogen) atoms. The number of halogens is 1. The van der Waals surface area contributed by atoms with Crippen molar-refractivity contribution in [2.75, 3.05) is 13.1 Å². The van der Waals surface area contributed by atoms with Gasteiger partial charge < -0.3 is 10.7 Å². The molecule has 0 amide bonds. The zero-order valence-corrected chi connectivity index (χ0v) is 16.3. The molecule has 0 radical (unpaired) electrons. The van der Waals surface area contributed by atoms with Gasteiger partial charge in [-0.25, -0.2) is 9.37 Å². The van der Waals surface area contributed by atoms with Crippen LogP contribution in [0.15, 0.2) is 72.0 Å². The second-order valence-electron chi connectivity index (χ2n) is 6.91. The Morgan fingerprint density at radius 1 is 1.10 bits per heavy atom. The SMILES string of the molecule is C=CCN(Cc1ccc(F)cc1)Cc1cccc(-c2nc(CCN)cc(=O)[nH]2)c1. The lowest BCUT2D eigenvalue weighted by Gasteiger charge is -2.21. The number of hydrogen-bond acceptors (Lipinski definition) is 4. The van der Waals surface area contributed by atoms with Gasteiger partial charge in [0.2, 0.25) is 0 Å². The fourth-order valence-corrected chi connectivity index (χ4v) is 3.21. The van der Waals surface area contributed by atoms with Crippen LogP contribution in [0.25, 0.3) is 11.4 Å². The standard InChI is InChI=1S/C23H25FN4O/c1-2-12-28(15-17-6-8-20(24)9-7-17)16-18-4-3-5-19(13-18)23-26-21(10-11-25)14-22(29)27-23/h2-9,13-14H,1,10-12,15-16,25H2,(H,26,27,29). The Morgan fingerprint density at radius 3 is 2.59 bits per heavy atom. The van der Waals surface area contributed by atoms with E-state index in [2.05, 4.69) is 21.4 Å². The monoisotopic (exact) mass is 392 g/mol. The van der Waals surface area contributed by atoms with E-state index in [0.717, 1.165) is 16.7 Å². The smallest absolute Gasteiger partial charge is 0.251 e.